The fourth-order valence-electron chi connectivity index (χ4n) is 1.70. The van der Waals surface area contributed by atoms with Crippen molar-refractivity contribution in [1.82, 2.24) is 4.98 Å². The second-order valence-corrected chi connectivity index (χ2v) is 4.47. The van der Waals surface area contributed by atoms with E-state index in [1.165, 1.54) is 18.3 Å². The van der Waals surface area contributed by atoms with Crippen molar-refractivity contribution in [2.45, 2.75) is 6.92 Å². The third-order valence-electron chi connectivity index (χ3n) is 2.61. The highest BCUT2D eigenvalue weighted by Gasteiger charge is 2.13. The van der Waals surface area contributed by atoms with Crippen molar-refractivity contribution in [3.63, 3.8) is 0 Å². The Morgan fingerprint density at radius 1 is 1.35 bits per heavy atom. The van der Waals surface area contributed by atoms with Crippen LogP contribution in [0.1, 0.15) is 17.3 Å². The summed E-state index contributed by atoms with van der Waals surface area (Å²) in [7, 11) is 0. The highest BCUT2D eigenvalue weighted by atomic mass is 35.5. The van der Waals surface area contributed by atoms with Crippen LogP contribution in [0.25, 0.3) is 0 Å². The number of amides is 1. The number of rotatable bonds is 4. The summed E-state index contributed by atoms with van der Waals surface area (Å²) >= 11 is 5.66. The first kappa shape index (κ1) is 14.3. The topological polar surface area (TPSA) is 54.0 Å². The van der Waals surface area contributed by atoms with Crippen LogP contribution in [0.4, 0.5) is 15.8 Å². The number of pyridine rings is 1. The molecule has 1 heterocycles. The Morgan fingerprint density at radius 2 is 2.15 bits per heavy atom. The van der Waals surface area contributed by atoms with Gasteiger partial charge in [-0.25, -0.2) is 4.39 Å². The number of aromatic nitrogens is 1. The van der Waals surface area contributed by atoms with Gasteiger partial charge in [-0.2, -0.15) is 0 Å². The van der Waals surface area contributed by atoms with Crippen LogP contribution < -0.4 is 10.6 Å². The van der Waals surface area contributed by atoms with E-state index < -0.39 is 11.7 Å². The smallest absolute Gasteiger partial charge is 0.259 e. The molecule has 0 bridgehead atoms. The summed E-state index contributed by atoms with van der Waals surface area (Å²) in [5, 5.41) is 5.82. The van der Waals surface area contributed by atoms with Crippen molar-refractivity contribution in [2.24, 2.45) is 0 Å². The standard InChI is InChI=1S/C14H13ClFN3O/c1-2-18-12-5-6-17-8-10(12)14(20)19-13-4-3-9(15)7-11(13)16/h3-8H,2H2,1H3,(H,17,18)(H,19,20). The molecule has 0 aliphatic rings. The Balaban J connectivity index is 2.24. The van der Waals surface area contributed by atoms with Crippen molar-refractivity contribution >= 4 is 28.9 Å². The normalized spacial score (nSPS) is 10.2. The molecule has 1 aromatic carbocycles. The van der Waals surface area contributed by atoms with Crippen LogP contribution >= 0.6 is 11.6 Å². The molecule has 2 aromatic rings. The monoisotopic (exact) mass is 293 g/mol. The molecule has 0 fully saturated rings. The molecular formula is C14H13ClFN3O. The molecule has 0 saturated carbocycles. The summed E-state index contributed by atoms with van der Waals surface area (Å²) < 4.78 is 13.6. The van der Waals surface area contributed by atoms with Crippen molar-refractivity contribution in [2.75, 3.05) is 17.2 Å². The number of nitrogens with one attached hydrogen (secondary N) is 2. The third kappa shape index (κ3) is 3.24. The van der Waals surface area contributed by atoms with Gasteiger partial charge in [0.1, 0.15) is 5.82 Å². The van der Waals surface area contributed by atoms with Gasteiger partial charge >= 0.3 is 0 Å². The molecule has 0 atom stereocenters. The fourth-order valence-corrected chi connectivity index (χ4v) is 1.86. The Hall–Kier alpha value is -2.14. The predicted octanol–water partition coefficient (Wildman–Crippen LogP) is 3.56. The summed E-state index contributed by atoms with van der Waals surface area (Å²) in [6.45, 7) is 2.58. The molecule has 0 radical (unpaired) electrons. The first-order chi connectivity index (χ1) is 9.61. The van der Waals surface area contributed by atoms with Crippen LogP contribution in [0.15, 0.2) is 36.7 Å². The minimum Gasteiger partial charge on any atom is -0.385 e. The molecule has 0 unspecified atom stereocenters. The van der Waals surface area contributed by atoms with Crippen LogP contribution in [0.2, 0.25) is 5.02 Å². The van der Waals surface area contributed by atoms with E-state index in [1.54, 1.807) is 12.3 Å². The van der Waals surface area contributed by atoms with Crippen molar-refractivity contribution in [3.05, 3.63) is 53.1 Å². The molecule has 2 N–H and O–H groups in total. The maximum atomic E-state index is 13.6. The Labute approximate surface area is 121 Å². The average Bonchev–Trinajstić information content (AvgIpc) is 2.43. The van der Waals surface area contributed by atoms with Crippen molar-refractivity contribution in [1.29, 1.82) is 0 Å². The Morgan fingerprint density at radius 3 is 2.85 bits per heavy atom. The first-order valence-corrected chi connectivity index (χ1v) is 6.44. The first-order valence-electron chi connectivity index (χ1n) is 6.06. The number of carbonyl (C=O) groups excluding carboxylic acids is 1. The van der Waals surface area contributed by atoms with Gasteiger partial charge in [-0.1, -0.05) is 11.6 Å². The van der Waals surface area contributed by atoms with Crippen LogP contribution in [-0.4, -0.2) is 17.4 Å². The summed E-state index contributed by atoms with van der Waals surface area (Å²) in [4.78, 5) is 16.1. The average molecular weight is 294 g/mol. The molecular weight excluding hydrogens is 281 g/mol. The van der Waals surface area contributed by atoms with E-state index in [1.807, 2.05) is 6.92 Å². The van der Waals surface area contributed by atoms with Gasteiger partial charge < -0.3 is 10.6 Å². The minimum absolute atomic E-state index is 0.0747. The largest absolute Gasteiger partial charge is 0.385 e. The predicted molar refractivity (Wildman–Crippen MR) is 77.8 cm³/mol. The van der Waals surface area contributed by atoms with E-state index in [2.05, 4.69) is 15.6 Å². The fraction of sp³-hybridized carbons (Fsp3) is 0.143. The Kier molecular flexibility index (Phi) is 4.53. The molecule has 0 aliphatic heterocycles. The lowest BCUT2D eigenvalue weighted by atomic mass is 10.2. The number of halogens is 2. The molecule has 0 spiro atoms. The van der Waals surface area contributed by atoms with Gasteiger partial charge in [-0.15, -0.1) is 0 Å². The lowest BCUT2D eigenvalue weighted by molar-refractivity contribution is 0.102. The molecule has 0 saturated heterocycles. The zero-order valence-electron chi connectivity index (χ0n) is 10.8. The number of hydrogen-bond donors (Lipinski definition) is 2. The molecule has 4 nitrogen and oxygen atoms in total. The molecule has 2 rings (SSSR count). The van der Waals surface area contributed by atoms with E-state index in [0.29, 0.717) is 17.8 Å². The van der Waals surface area contributed by atoms with Crippen LogP contribution in [0, 0.1) is 5.82 Å². The SMILES string of the molecule is CCNc1ccncc1C(=O)Nc1ccc(Cl)cc1F. The van der Waals surface area contributed by atoms with Crippen LogP contribution in [0.5, 0.6) is 0 Å². The van der Waals surface area contributed by atoms with Crippen molar-refractivity contribution in [3.8, 4) is 0 Å². The van der Waals surface area contributed by atoms with Crippen LogP contribution in [0.3, 0.4) is 0 Å². The van der Waals surface area contributed by atoms with Gasteiger partial charge in [0.05, 0.1) is 16.9 Å². The number of anilines is 2. The quantitative estimate of drug-likeness (QED) is 0.906. The number of benzene rings is 1. The molecule has 6 heteroatoms. The van der Waals surface area contributed by atoms with Crippen molar-refractivity contribution < 1.29 is 9.18 Å². The number of hydrogen-bond acceptors (Lipinski definition) is 3. The molecule has 104 valence electrons. The third-order valence-corrected chi connectivity index (χ3v) is 2.85. The van der Waals surface area contributed by atoms with Gasteiger partial charge in [0.25, 0.3) is 5.91 Å². The highest BCUT2D eigenvalue weighted by Crippen LogP contribution is 2.21. The zero-order valence-corrected chi connectivity index (χ0v) is 11.5. The molecule has 1 aromatic heterocycles. The summed E-state index contributed by atoms with van der Waals surface area (Å²) in [6.07, 6.45) is 3.01. The maximum Gasteiger partial charge on any atom is 0.259 e. The van der Waals surface area contributed by atoms with E-state index >= 15 is 0 Å². The molecule has 20 heavy (non-hydrogen) atoms. The zero-order chi connectivity index (χ0) is 14.5. The van der Waals surface area contributed by atoms with E-state index in [4.69, 9.17) is 11.6 Å². The van der Waals surface area contributed by atoms with Gasteiger partial charge in [0, 0.05) is 24.0 Å². The molecule has 0 aliphatic carbocycles. The number of nitrogens with zero attached hydrogens (tertiary/aromatic N) is 1. The van der Waals surface area contributed by atoms with Gasteiger partial charge in [0.2, 0.25) is 0 Å². The highest BCUT2D eigenvalue weighted by molar-refractivity contribution is 6.30. The number of carbonyl (C=O) groups is 1. The summed E-state index contributed by atoms with van der Waals surface area (Å²) in [5.41, 5.74) is 1.07. The summed E-state index contributed by atoms with van der Waals surface area (Å²) in [5.74, 6) is -1.02. The van der Waals surface area contributed by atoms with E-state index in [9.17, 15) is 9.18 Å². The second-order valence-electron chi connectivity index (χ2n) is 4.03. The van der Waals surface area contributed by atoms with Gasteiger partial charge in [-0.05, 0) is 31.2 Å². The lowest BCUT2D eigenvalue weighted by Crippen LogP contribution is -2.16. The lowest BCUT2D eigenvalue weighted by Gasteiger charge is -2.11. The summed E-state index contributed by atoms with van der Waals surface area (Å²) in [6, 6.07) is 5.76. The second kappa shape index (κ2) is 6.34. The molecule has 1 amide bonds. The minimum atomic E-state index is -0.584. The maximum absolute atomic E-state index is 13.6. The Bertz CT molecular complexity index is 634. The van der Waals surface area contributed by atoms with Gasteiger partial charge in [0.15, 0.2) is 0 Å². The van der Waals surface area contributed by atoms with Gasteiger partial charge in [-0.3, -0.25) is 9.78 Å². The van der Waals surface area contributed by atoms with E-state index in [-0.39, 0.29) is 10.7 Å². The van der Waals surface area contributed by atoms with Crippen LogP contribution in [-0.2, 0) is 0 Å². The van der Waals surface area contributed by atoms with E-state index in [0.717, 1.165) is 6.07 Å².